The molecule has 0 heterocycles. The molecule has 1 N–H and O–H groups in total. The van der Waals surface area contributed by atoms with Crippen molar-refractivity contribution in [1.29, 1.82) is 0 Å². The van der Waals surface area contributed by atoms with E-state index in [9.17, 15) is 0 Å². The van der Waals surface area contributed by atoms with Crippen molar-refractivity contribution in [2.24, 2.45) is 0 Å². The van der Waals surface area contributed by atoms with Gasteiger partial charge in [-0.3, -0.25) is 0 Å². The zero-order valence-electron chi connectivity index (χ0n) is 11.3. The Hall–Kier alpha value is -1.12. The minimum atomic E-state index is 0.761. The molecule has 0 saturated carbocycles. The van der Waals surface area contributed by atoms with Crippen LogP contribution >= 0.6 is 0 Å². The van der Waals surface area contributed by atoms with Crippen LogP contribution in [0.4, 0.5) is 0 Å². The third kappa shape index (κ3) is 4.72. The zero-order valence-corrected chi connectivity index (χ0v) is 11.3. The SMILES string of the molecule is COCCNC/C(C)=C/c1c(C)cccc1C. The van der Waals surface area contributed by atoms with E-state index < -0.39 is 0 Å². The normalized spacial score (nSPS) is 11.9. The van der Waals surface area contributed by atoms with Crippen molar-refractivity contribution in [2.75, 3.05) is 26.8 Å². The molecule has 1 aromatic carbocycles. The molecule has 0 amide bonds. The highest BCUT2D eigenvalue weighted by Crippen LogP contribution is 2.16. The van der Waals surface area contributed by atoms with Crippen molar-refractivity contribution in [3.05, 3.63) is 40.5 Å². The fourth-order valence-corrected chi connectivity index (χ4v) is 1.81. The maximum absolute atomic E-state index is 5.00. The number of aryl methyl sites for hydroxylation is 2. The lowest BCUT2D eigenvalue weighted by Gasteiger charge is -2.08. The Kier molecular flexibility index (Phi) is 5.95. The van der Waals surface area contributed by atoms with E-state index in [4.69, 9.17) is 4.74 Å². The van der Waals surface area contributed by atoms with E-state index in [1.165, 1.54) is 22.3 Å². The molecule has 17 heavy (non-hydrogen) atoms. The summed E-state index contributed by atoms with van der Waals surface area (Å²) in [6.07, 6.45) is 2.27. The topological polar surface area (TPSA) is 21.3 Å². The first kappa shape index (κ1) is 13.9. The lowest BCUT2D eigenvalue weighted by molar-refractivity contribution is 0.200. The number of nitrogens with one attached hydrogen (secondary N) is 1. The average Bonchev–Trinajstić information content (AvgIpc) is 2.30. The number of benzene rings is 1. The van der Waals surface area contributed by atoms with Gasteiger partial charge in [-0.05, 0) is 37.5 Å². The Labute approximate surface area is 105 Å². The third-order valence-electron chi connectivity index (χ3n) is 2.82. The predicted molar refractivity (Wildman–Crippen MR) is 74.3 cm³/mol. The van der Waals surface area contributed by atoms with Gasteiger partial charge >= 0.3 is 0 Å². The molecular formula is C15H23NO. The molecule has 0 fully saturated rings. The molecule has 0 bridgehead atoms. The van der Waals surface area contributed by atoms with Gasteiger partial charge in [0.1, 0.15) is 0 Å². The summed E-state index contributed by atoms with van der Waals surface area (Å²) in [5, 5.41) is 3.35. The number of ether oxygens (including phenoxy) is 1. The van der Waals surface area contributed by atoms with Crippen LogP contribution in [-0.2, 0) is 4.74 Å². The van der Waals surface area contributed by atoms with E-state index in [0.717, 1.165) is 19.7 Å². The molecular weight excluding hydrogens is 210 g/mol. The maximum Gasteiger partial charge on any atom is 0.0587 e. The molecule has 0 aliphatic heterocycles. The fourth-order valence-electron chi connectivity index (χ4n) is 1.81. The molecule has 0 aliphatic carbocycles. The summed E-state index contributed by atoms with van der Waals surface area (Å²) < 4.78 is 5.00. The standard InChI is InChI=1S/C15H23NO/c1-12(11-16-8-9-17-4)10-15-13(2)6-5-7-14(15)3/h5-7,10,16H,8-9,11H2,1-4H3/b12-10+. The molecule has 0 aliphatic rings. The van der Waals surface area contributed by atoms with Gasteiger partial charge < -0.3 is 10.1 Å². The Bertz CT molecular complexity index is 362. The number of methoxy groups -OCH3 is 1. The Morgan fingerprint density at radius 2 is 1.94 bits per heavy atom. The molecule has 0 unspecified atom stereocenters. The van der Waals surface area contributed by atoms with E-state index >= 15 is 0 Å². The van der Waals surface area contributed by atoms with Crippen molar-refractivity contribution in [2.45, 2.75) is 20.8 Å². The van der Waals surface area contributed by atoms with Crippen molar-refractivity contribution in [3.63, 3.8) is 0 Å². The third-order valence-corrected chi connectivity index (χ3v) is 2.82. The van der Waals surface area contributed by atoms with Crippen molar-refractivity contribution < 1.29 is 4.74 Å². The van der Waals surface area contributed by atoms with Crippen LogP contribution in [0, 0.1) is 13.8 Å². The minimum Gasteiger partial charge on any atom is -0.383 e. The molecule has 94 valence electrons. The van der Waals surface area contributed by atoms with Crippen molar-refractivity contribution in [1.82, 2.24) is 5.32 Å². The van der Waals surface area contributed by atoms with Gasteiger partial charge in [0.2, 0.25) is 0 Å². The second kappa shape index (κ2) is 7.25. The second-order valence-electron chi connectivity index (χ2n) is 4.47. The molecule has 1 aromatic rings. The van der Waals surface area contributed by atoms with Crippen LogP contribution in [0.1, 0.15) is 23.6 Å². The van der Waals surface area contributed by atoms with Crippen LogP contribution < -0.4 is 5.32 Å². The molecule has 0 spiro atoms. The van der Waals surface area contributed by atoms with E-state index in [2.05, 4.69) is 50.4 Å². The van der Waals surface area contributed by atoms with Gasteiger partial charge in [0.15, 0.2) is 0 Å². The maximum atomic E-state index is 5.00. The largest absolute Gasteiger partial charge is 0.383 e. The lowest BCUT2D eigenvalue weighted by atomic mass is 10.0. The lowest BCUT2D eigenvalue weighted by Crippen LogP contribution is -2.20. The van der Waals surface area contributed by atoms with E-state index in [0.29, 0.717) is 0 Å². The summed E-state index contributed by atoms with van der Waals surface area (Å²) in [6.45, 7) is 9.04. The van der Waals surface area contributed by atoms with Crippen LogP contribution in [-0.4, -0.2) is 26.8 Å². The highest BCUT2D eigenvalue weighted by Gasteiger charge is 1.99. The van der Waals surface area contributed by atoms with Crippen LogP contribution in [0.25, 0.3) is 6.08 Å². The number of hydrogen-bond donors (Lipinski definition) is 1. The van der Waals surface area contributed by atoms with Gasteiger partial charge in [0, 0.05) is 20.2 Å². The summed E-state index contributed by atoms with van der Waals surface area (Å²) in [5.41, 5.74) is 5.36. The molecule has 0 aromatic heterocycles. The van der Waals surface area contributed by atoms with Crippen LogP contribution in [0.2, 0.25) is 0 Å². The van der Waals surface area contributed by atoms with Crippen molar-refractivity contribution in [3.8, 4) is 0 Å². The summed E-state index contributed by atoms with van der Waals surface area (Å²) in [4.78, 5) is 0. The van der Waals surface area contributed by atoms with Gasteiger partial charge in [0.05, 0.1) is 6.61 Å². The summed E-state index contributed by atoms with van der Waals surface area (Å²) >= 11 is 0. The smallest absolute Gasteiger partial charge is 0.0587 e. The van der Waals surface area contributed by atoms with Crippen LogP contribution in [0.15, 0.2) is 23.8 Å². The van der Waals surface area contributed by atoms with Gasteiger partial charge in [-0.2, -0.15) is 0 Å². The predicted octanol–water partition coefficient (Wildman–Crippen LogP) is 2.94. The zero-order chi connectivity index (χ0) is 12.7. The highest BCUT2D eigenvalue weighted by atomic mass is 16.5. The van der Waals surface area contributed by atoms with Gasteiger partial charge in [-0.1, -0.05) is 29.8 Å². The highest BCUT2D eigenvalue weighted by molar-refractivity contribution is 5.59. The van der Waals surface area contributed by atoms with Crippen LogP contribution in [0.5, 0.6) is 0 Å². The molecule has 0 radical (unpaired) electrons. The number of rotatable bonds is 6. The van der Waals surface area contributed by atoms with Gasteiger partial charge in [0.25, 0.3) is 0 Å². The fraction of sp³-hybridized carbons (Fsp3) is 0.467. The first-order chi connectivity index (χ1) is 8.15. The van der Waals surface area contributed by atoms with Gasteiger partial charge in [-0.15, -0.1) is 0 Å². The number of hydrogen-bond acceptors (Lipinski definition) is 2. The molecule has 2 nitrogen and oxygen atoms in total. The summed E-state index contributed by atoms with van der Waals surface area (Å²) in [6, 6.07) is 6.42. The summed E-state index contributed by atoms with van der Waals surface area (Å²) in [7, 11) is 1.72. The van der Waals surface area contributed by atoms with Gasteiger partial charge in [-0.25, -0.2) is 0 Å². The molecule has 2 heteroatoms. The minimum absolute atomic E-state index is 0.761. The quantitative estimate of drug-likeness (QED) is 0.763. The first-order valence-corrected chi connectivity index (χ1v) is 6.08. The Balaban J connectivity index is 2.61. The monoisotopic (exact) mass is 233 g/mol. The summed E-state index contributed by atoms with van der Waals surface area (Å²) in [5.74, 6) is 0. The van der Waals surface area contributed by atoms with Crippen molar-refractivity contribution >= 4 is 6.08 Å². The van der Waals surface area contributed by atoms with E-state index in [1.54, 1.807) is 7.11 Å². The Morgan fingerprint density at radius 3 is 2.53 bits per heavy atom. The Morgan fingerprint density at radius 1 is 1.29 bits per heavy atom. The molecule has 0 atom stereocenters. The molecule has 0 saturated heterocycles. The van der Waals surface area contributed by atoms with E-state index in [-0.39, 0.29) is 0 Å². The average molecular weight is 233 g/mol. The van der Waals surface area contributed by atoms with E-state index in [1.807, 2.05) is 0 Å². The van der Waals surface area contributed by atoms with Crippen LogP contribution in [0.3, 0.4) is 0 Å². The molecule has 1 rings (SSSR count). The second-order valence-corrected chi connectivity index (χ2v) is 4.47. The first-order valence-electron chi connectivity index (χ1n) is 6.08.